The van der Waals surface area contributed by atoms with Gasteiger partial charge in [0, 0.05) is 56.5 Å². The van der Waals surface area contributed by atoms with Crippen LogP contribution in [0.4, 0.5) is 0 Å². The Labute approximate surface area is 174 Å². The van der Waals surface area contributed by atoms with Gasteiger partial charge in [-0.25, -0.2) is 4.98 Å². The summed E-state index contributed by atoms with van der Waals surface area (Å²) in [6.45, 7) is 12.1. The Morgan fingerprint density at radius 3 is 2.52 bits per heavy atom. The molecular weight excluding hydrogens is 445 g/mol. The molecule has 2 N–H and O–H groups in total. The van der Waals surface area contributed by atoms with Crippen molar-refractivity contribution in [1.29, 1.82) is 0 Å². The van der Waals surface area contributed by atoms with Gasteiger partial charge in [-0.15, -0.1) is 35.3 Å². The van der Waals surface area contributed by atoms with E-state index in [0.717, 1.165) is 18.9 Å². The monoisotopic (exact) mass is 479 g/mol. The lowest BCUT2D eigenvalue weighted by molar-refractivity contribution is 0.167. The second-order valence-electron chi connectivity index (χ2n) is 7.13. The van der Waals surface area contributed by atoms with Crippen molar-refractivity contribution in [3.8, 4) is 0 Å². The van der Waals surface area contributed by atoms with E-state index in [1.165, 1.54) is 36.6 Å². The van der Waals surface area contributed by atoms with Crippen LogP contribution in [-0.2, 0) is 6.42 Å². The van der Waals surface area contributed by atoms with Crippen molar-refractivity contribution < 1.29 is 0 Å². The number of thiazole rings is 1. The Bertz CT molecular complexity index is 521. The molecule has 2 rings (SSSR count). The molecule has 0 bridgehead atoms. The molecule has 144 valence electrons. The van der Waals surface area contributed by atoms with E-state index in [9.17, 15) is 0 Å². The number of nitrogens with zero attached hydrogens (tertiary/aromatic N) is 3. The van der Waals surface area contributed by atoms with Gasteiger partial charge >= 0.3 is 0 Å². The SMILES string of the molecule is CN=C(NCCc1csc(C(C)C)n1)NC1CCN(C(C)C)CC1.I. The molecule has 1 fully saturated rings. The number of rotatable bonds is 6. The zero-order chi connectivity index (χ0) is 17.5. The van der Waals surface area contributed by atoms with Crippen LogP contribution < -0.4 is 10.6 Å². The number of piperidine rings is 1. The Morgan fingerprint density at radius 1 is 1.32 bits per heavy atom. The highest BCUT2D eigenvalue weighted by Gasteiger charge is 2.21. The van der Waals surface area contributed by atoms with Gasteiger partial charge in [0.1, 0.15) is 0 Å². The average Bonchev–Trinajstić information content (AvgIpc) is 3.03. The van der Waals surface area contributed by atoms with Gasteiger partial charge in [-0.2, -0.15) is 0 Å². The summed E-state index contributed by atoms with van der Waals surface area (Å²) in [6.07, 6.45) is 3.31. The standard InChI is InChI=1S/C18H33N5S.HI/c1-13(2)17-21-16(12-24-17)6-9-20-18(19-5)22-15-7-10-23(11-8-15)14(3)4;/h12-15H,6-11H2,1-5H3,(H2,19,20,22);1H. The minimum atomic E-state index is 0. The van der Waals surface area contributed by atoms with E-state index >= 15 is 0 Å². The maximum atomic E-state index is 4.69. The topological polar surface area (TPSA) is 52.6 Å². The number of guanidine groups is 1. The van der Waals surface area contributed by atoms with Crippen molar-refractivity contribution in [1.82, 2.24) is 20.5 Å². The maximum Gasteiger partial charge on any atom is 0.191 e. The molecule has 0 radical (unpaired) electrons. The van der Waals surface area contributed by atoms with Crippen LogP contribution in [0.15, 0.2) is 10.4 Å². The fraction of sp³-hybridized carbons (Fsp3) is 0.778. The fourth-order valence-electron chi connectivity index (χ4n) is 2.96. The van der Waals surface area contributed by atoms with Crippen molar-refractivity contribution in [3.05, 3.63) is 16.1 Å². The van der Waals surface area contributed by atoms with Gasteiger partial charge in [0.15, 0.2) is 5.96 Å². The van der Waals surface area contributed by atoms with E-state index in [2.05, 4.69) is 58.6 Å². The Hall–Kier alpha value is -0.410. The van der Waals surface area contributed by atoms with Gasteiger partial charge in [0.25, 0.3) is 0 Å². The molecule has 0 aliphatic carbocycles. The zero-order valence-electron chi connectivity index (χ0n) is 16.2. The predicted molar refractivity (Wildman–Crippen MR) is 120 cm³/mol. The second-order valence-corrected chi connectivity index (χ2v) is 8.02. The highest BCUT2D eigenvalue weighted by atomic mass is 127. The van der Waals surface area contributed by atoms with E-state index in [4.69, 9.17) is 0 Å². The fourth-order valence-corrected chi connectivity index (χ4v) is 3.83. The van der Waals surface area contributed by atoms with Crippen LogP contribution in [0.1, 0.15) is 57.2 Å². The summed E-state index contributed by atoms with van der Waals surface area (Å²) in [5.41, 5.74) is 1.18. The lowest BCUT2D eigenvalue weighted by Gasteiger charge is -2.35. The molecule has 2 heterocycles. The third-order valence-electron chi connectivity index (χ3n) is 4.56. The van der Waals surface area contributed by atoms with Crippen LogP contribution in [0.2, 0.25) is 0 Å². The molecule has 0 aromatic carbocycles. The molecule has 0 amide bonds. The van der Waals surface area contributed by atoms with E-state index < -0.39 is 0 Å². The molecule has 1 aliphatic heterocycles. The van der Waals surface area contributed by atoms with E-state index in [1.54, 1.807) is 11.3 Å². The van der Waals surface area contributed by atoms with Crippen LogP contribution in [0.25, 0.3) is 0 Å². The molecule has 1 aromatic heterocycles. The Kier molecular flexibility index (Phi) is 10.3. The number of aromatic nitrogens is 1. The van der Waals surface area contributed by atoms with Gasteiger partial charge in [-0.05, 0) is 26.7 Å². The van der Waals surface area contributed by atoms with Crippen LogP contribution in [0.5, 0.6) is 0 Å². The van der Waals surface area contributed by atoms with Gasteiger partial charge < -0.3 is 15.5 Å². The number of hydrogen-bond donors (Lipinski definition) is 2. The lowest BCUT2D eigenvalue weighted by Crippen LogP contribution is -2.50. The third kappa shape index (κ3) is 7.38. The molecule has 25 heavy (non-hydrogen) atoms. The predicted octanol–water partition coefficient (Wildman–Crippen LogP) is 3.46. The molecular formula is C18H34IN5S. The van der Waals surface area contributed by atoms with Crippen molar-refractivity contribution in [2.75, 3.05) is 26.7 Å². The van der Waals surface area contributed by atoms with Gasteiger partial charge in [-0.1, -0.05) is 13.8 Å². The van der Waals surface area contributed by atoms with Gasteiger partial charge in [0.05, 0.1) is 10.7 Å². The molecule has 1 saturated heterocycles. The van der Waals surface area contributed by atoms with Crippen molar-refractivity contribution >= 4 is 41.3 Å². The highest BCUT2D eigenvalue weighted by molar-refractivity contribution is 14.0. The van der Waals surface area contributed by atoms with Crippen LogP contribution in [0, 0.1) is 0 Å². The first-order valence-electron chi connectivity index (χ1n) is 9.15. The highest BCUT2D eigenvalue weighted by Crippen LogP contribution is 2.19. The van der Waals surface area contributed by atoms with E-state index in [1.807, 2.05) is 7.05 Å². The number of likely N-dealkylation sites (tertiary alicyclic amines) is 1. The molecule has 1 aromatic rings. The smallest absolute Gasteiger partial charge is 0.191 e. The first-order chi connectivity index (χ1) is 11.5. The van der Waals surface area contributed by atoms with Gasteiger partial charge in [0.2, 0.25) is 0 Å². The normalized spacial score (nSPS) is 17.0. The van der Waals surface area contributed by atoms with Crippen molar-refractivity contribution in [2.24, 2.45) is 4.99 Å². The first-order valence-corrected chi connectivity index (χ1v) is 10.0. The Morgan fingerprint density at radius 2 is 2.00 bits per heavy atom. The summed E-state index contributed by atoms with van der Waals surface area (Å²) >= 11 is 1.76. The lowest BCUT2D eigenvalue weighted by atomic mass is 10.0. The zero-order valence-corrected chi connectivity index (χ0v) is 19.4. The molecule has 0 spiro atoms. The van der Waals surface area contributed by atoms with E-state index in [-0.39, 0.29) is 24.0 Å². The van der Waals surface area contributed by atoms with Crippen molar-refractivity contribution in [3.63, 3.8) is 0 Å². The van der Waals surface area contributed by atoms with Crippen LogP contribution in [-0.4, -0.2) is 54.6 Å². The number of nitrogens with one attached hydrogen (secondary N) is 2. The number of halogens is 1. The summed E-state index contributed by atoms with van der Waals surface area (Å²) in [5.74, 6) is 1.43. The second kappa shape index (κ2) is 11.3. The largest absolute Gasteiger partial charge is 0.356 e. The van der Waals surface area contributed by atoms with Crippen LogP contribution >= 0.6 is 35.3 Å². The molecule has 1 aliphatic rings. The third-order valence-corrected chi connectivity index (χ3v) is 5.76. The summed E-state index contributed by atoms with van der Waals surface area (Å²) in [5, 5.41) is 10.4. The average molecular weight is 479 g/mol. The molecule has 7 heteroatoms. The summed E-state index contributed by atoms with van der Waals surface area (Å²) in [6, 6.07) is 1.18. The van der Waals surface area contributed by atoms with Crippen molar-refractivity contribution in [2.45, 2.75) is 65.0 Å². The Balaban J connectivity index is 0.00000312. The summed E-state index contributed by atoms with van der Waals surface area (Å²) < 4.78 is 0. The maximum absolute atomic E-state index is 4.69. The quantitative estimate of drug-likeness (QED) is 0.373. The molecule has 0 atom stereocenters. The van der Waals surface area contributed by atoms with Gasteiger partial charge in [-0.3, -0.25) is 4.99 Å². The number of hydrogen-bond acceptors (Lipinski definition) is 4. The molecule has 5 nitrogen and oxygen atoms in total. The number of aliphatic imine (C=N–C) groups is 1. The minimum absolute atomic E-state index is 0. The minimum Gasteiger partial charge on any atom is -0.356 e. The van der Waals surface area contributed by atoms with E-state index in [0.29, 0.717) is 18.0 Å². The molecule has 0 saturated carbocycles. The summed E-state index contributed by atoms with van der Waals surface area (Å²) in [7, 11) is 1.85. The first kappa shape index (κ1) is 22.6. The summed E-state index contributed by atoms with van der Waals surface area (Å²) in [4.78, 5) is 11.6. The van der Waals surface area contributed by atoms with Crippen LogP contribution in [0.3, 0.4) is 0 Å². The molecule has 0 unspecified atom stereocenters.